The van der Waals surface area contributed by atoms with Gasteiger partial charge in [-0.1, -0.05) is 13.8 Å². The average Bonchev–Trinajstić information content (AvgIpc) is 3.14. The van der Waals surface area contributed by atoms with Crippen molar-refractivity contribution in [2.24, 2.45) is 4.99 Å². The van der Waals surface area contributed by atoms with E-state index in [9.17, 15) is 8.78 Å². The molecule has 0 bridgehead atoms. The maximum absolute atomic E-state index is 13.0. The van der Waals surface area contributed by atoms with Crippen molar-refractivity contribution in [2.75, 3.05) is 5.01 Å². The van der Waals surface area contributed by atoms with Gasteiger partial charge in [0.05, 0.1) is 22.9 Å². The number of nitrogens with zero attached hydrogens (tertiary/aromatic N) is 3. The number of aryl methyl sites for hydroxylation is 2. The molecule has 2 aromatic heterocycles. The van der Waals surface area contributed by atoms with Crippen molar-refractivity contribution in [3.05, 3.63) is 70.3 Å². The lowest BCUT2D eigenvalue weighted by atomic mass is 9.97. The number of fused-ring (bicyclic) bond motifs is 1. The summed E-state index contributed by atoms with van der Waals surface area (Å²) in [4.78, 5) is 12.1. The van der Waals surface area contributed by atoms with Gasteiger partial charge in [-0.05, 0) is 66.3 Å². The predicted molar refractivity (Wildman–Crippen MR) is 117 cm³/mol. The molecule has 156 valence electrons. The lowest BCUT2D eigenvalue weighted by Crippen LogP contribution is -2.40. The summed E-state index contributed by atoms with van der Waals surface area (Å²) in [6.45, 7) is 8.39. The van der Waals surface area contributed by atoms with E-state index >= 15 is 0 Å². The fourth-order valence-corrected chi connectivity index (χ4v) is 3.78. The number of alkyl halides is 2. The van der Waals surface area contributed by atoms with E-state index in [1.54, 1.807) is 0 Å². The van der Waals surface area contributed by atoms with Gasteiger partial charge in [0.1, 0.15) is 12.0 Å². The van der Waals surface area contributed by atoms with E-state index in [0.717, 1.165) is 39.7 Å². The molecule has 30 heavy (non-hydrogen) atoms. The van der Waals surface area contributed by atoms with Gasteiger partial charge >= 0.3 is 0 Å². The third-order valence-corrected chi connectivity index (χ3v) is 5.43. The molecule has 0 radical (unpaired) electrons. The minimum atomic E-state index is -2.60. The van der Waals surface area contributed by atoms with Crippen LogP contribution in [0.3, 0.4) is 0 Å². The van der Waals surface area contributed by atoms with Crippen LogP contribution in [-0.4, -0.2) is 22.7 Å². The third kappa shape index (κ3) is 3.79. The number of aromatic amines is 1. The van der Waals surface area contributed by atoms with Crippen molar-refractivity contribution in [1.29, 1.82) is 0 Å². The monoisotopic (exact) mass is 409 g/mol. The first-order chi connectivity index (χ1) is 14.3. The molecule has 2 N–H and O–H groups in total. The first-order valence-corrected chi connectivity index (χ1v) is 9.98. The Morgan fingerprint density at radius 2 is 1.83 bits per heavy atom. The molecular weight excluding hydrogens is 384 g/mol. The standard InChI is InChI=1S/C23H25F2N5/c1-13(2)19-10-27-20-6-5-16(28-22(19)20)9-18-14(3)7-17(8-15(18)4)30-12-26-11-21(29-30)23(24)25/h5-8,10-13,23,27,29H,9H2,1-4H3. The van der Waals surface area contributed by atoms with Crippen LogP contribution in [0.25, 0.3) is 11.0 Å². The van der Waals surface area contributed by atoms with Gasteiger partial charge < -0.3 is 4.98 Å². The normalized spacial score (nSPS) is 14.0. The van der Waals surface area contributed by atoms with Crippen LogP contribution in [0.1, 0.15) is 47.7 Å². The largest absolute Gasteiger partial charge is 0.360 e. The molecule has 3 heterocycles. The Bertz CT molecular complexity index is 1120. The van der Waals surface area contributed by atoms with Gasteiger partial charge in [-0.3, -0.25) is 10.4 Å². The summed E-state index contributed by atoms with van der Waals surface area (Å²) in [6.07, 6.45) is 2.78. The van der Waals surface area contributed by atoms with E-state index in [1.807, 2.05) is 38.2 Å². The minimum absolute atomic E-state index is 0.221. The molecule has 0 spiro atoms. The molecule has 4 rings (SSSR count). The Kier molecular flexibility index (Phi) is 5.28. The van der Waals surface area contributed by atoms with Gasteiger partial charge in [0.2, 0.25) is 0 Å². The molecule has 0 saturated carbocycles. The molecule has 1 aromatic carbocycles. The Morgan fingerprint density at radius 1 is 1.10 bits per heavy atom. The van der Waals surface area contributed by atoms with Gasteiger partial charge in [0.25, 0.3) is 6.43 Å². The number of nitrogens with one attached hydrogen (secondary N) is 2. The van der Waals surface area contributed by atoms with E-state index in [1.165, 1.54) is 22.5 Å². The summed E-state index contributed by atoms with van der Waals surface area (Å²) >= 11 is 0. The van der Waals surface area contributed by atoms with Gasteiger partial charge in [0.15, 0.2) is 0 Å². The van der Waals surface area contributed by atoms with Crippen LogP contribution in [0, 0.1) is 13.8 Å². The maximum atomic E-state index is 13.0. The van der Waals surface area contributed by atoms with E-state index in [0.29, 0.717) is 12.3 Å². The third-order valence-electron chi connectivity index (χ3n) is 5.43. The van der Waals surface area contributed by atoms with Gasteiger partial charge in [-0.2, -0.15) is 0 Å². The minimum Gasteiger partial charge on any atom is -0.360 e. The van der Waals surface area contributed by atoms with Gasteiger partial charge in [0, 0.05) is 18.3 Å². The summed E-state index contributed by atoms with van der Waals surface area (Å²) in [5.74, 6) is 0.398. The van der Waals surface area contributed by atoms with E-state index < -0.39 is 6.43 Å². The Labute approximate surface area is 174 Å². The number of benzene rings is 1. The second kappa shape index (κ2) is 7.89. The summed E-state index contributed by atoms with van der Waals surface area (Å²) in [6, 6.07) is 8.08. The van der Waals surface area contributed by atoms with Crippen LogP contribution < -0.4 is 10.4 Å². The molecule has 0 amide bonds. The Hall–Kier alpha value is -3.22. The van der Waals surface area contributed by atoms with Crippen molar-refractivity contribution in [2.45, 2.75) is 46.5 Å². The number of allylic oxidation sites excluding steroid dienone is 1. The maximum Gasteiger partial charge on any atom is 0.281 e. The molecule has 0 unspecified atom stereocenters. The van der Waals surface area contributed by atoms with E-state index in [4.69, 9.17) is 4.98 Å². The van der Waals surface area contributed by atoms with Crippen LogP contribution in [0.15, 0.2) is 47.4 Å². The number of aliphatic imine (C=N–C) groups is 1. The van der Waals surface area contributed by atoms with Crippen LogP contribution in [0.2, 0.25) is 0 Å². The number of rotatable bonds is 5. The number of anilines is 1. The summed E-state index contributed by atoms with van der Waals surface area (Å²) in [7, 11) is 0. The van der Waals surface area contributed by atoms with Crippen LogP contribution in [0.5, 0.6) is 0 Å². The van der Waals surface area contributed by atoms with E-state index in [2.05, 4.69) is 35.3 Å². The topological polar surface area (TPSA) is 56.3 Å². The lowest BCUT2D eigenvalue weighted by molar-refractivity contribution is 0.179. The summed E-state index contributed by atoms with van der Waals surface area (Å²) in [5.41, 5.74) is 10.9. The zero-order valence-corrected chi connectivity index (χ0v) is 17.5. The highest BCUT2D eigenvalue weighted by atomic mass is 19.3. The fraction of sp³-hybridized carbons (Fsp3) is 0.304. The number of hydrogen-bond donors (Lipinski definition) is 2. The second-order valence-electron chi connectivity index (χ2n) is 7.96. The molecule has 0 atom stereocenters. The Balaban J connectivity index is 1.62. The van der Waals surface area contributed by atoms with Crippen molar-refractivity contribution in [3.63, 3.8) is 0 Å². The quantitative estimate of drug-likeness (QED) is 0.597. The Morgan fingerprint density at radius 3 is 2.50 bits per heavy atom. The fourth-order valence-electron chi connectivity index (χ4n) is 3.78. The van der Waals surface area contributed by atoms with Crippen LogP contribution in [-0.2, 0) is 6.42 Å². The molecule has 0 saturated heterocycles. The molecule has 3 aromatic rings. The number of hydrogen-bond acceptors (Lipinski definition) is 4. The number of H-pyrrole nitrogens is 1. The predicted octanol–water partition coefficient (Wildman–Crippen LogP) is 5.35. The number of hydrazine groups is 1. The molecule has 0 fully saturated rings. The highest BCUT2D eigenvalue weighted by Gasteiger charge is 2.18. The highest BCUT2D eigenvalue weighted by molar-refractivity contribution is 5.81. The zero-order valence-electron chi connectivity index (χ0n) is 17.5. The molecule has 0 aliphatic carbocycles. The molecule has 5 nitrogen and oxygen atoms in total. The van der Waals surface area contributed by atoms with Crippen LogP contribution in [0.4, 0.5) is 14.5 Å². The first kappa shape index (κ1) is 20.1. The number of halogens is 2. The average molecular weight is 409 g/mol. The van der Waals surface area contributed by atoms with Crippen molar-refractivity contribution < 1.29 is 8.78 Å². The van der Waals surface area contributed by atoms with Crippen LogP contribution >= 0.6 is 0 Å². The SMILES string of the molecule is Cc1cc(N2C=NC=C(C(F)F)N2)cc(C)c1Cc1ccc2[nH]cc(C(C)C)c2n1. The molecular formula is C23H25F2N5. The lowest BCUT2D eigenvalue weighted by Gasteiger charge is -2.26. The summed E-state index contributed by atoms with van der Waals surface area (Å²) < 4.78 is 26.0. The van der Waals surface area contributed by atoms with Gasteiger partial charge in [-0.15, -0.1) is 0 Å². The first-order valence-electron chi connectivity index (χ1n) is 9.98. The number of pyridine rings is 1. The zero-order chi connectivity index (χ0) is 21.4. The second-order valence-corrected chi connectivity index (χ2v) is 7.96. The number of aromatic nitrogens is 2. The van der Waals surface area contributed by atoms with Crippen molar-refractivity contribution in [1.82, 2.24) is 15.4 Å². The van der Waals surface area contributed by atoms with Crippen molar-refractivity contribution >= 4 is 23.1 Å². The highest BCUT2D eigenvalue weighted by Crippen LogP contribution is 2.27. The molecule has 1 aliphatic heterocycles. The molecule has 7 heteroatoms. The summed E-state index contributed by atoms with van der Waals surface area (Å²) in [5, 5.41) is 1.52. The van der Waals surface area contributed by atoms with E-state index in [-0.39, 0.29) is 5.70 Å². The van der Waals surface area contributed by atoms with Crippen molar-refractivity contribution in [3.8, 4) is 0 Å². The molecule has 1 aliphatic rings. The van der Waals surface area contributed by atoms with Gasteiger partial charge in [-0.25, -0.2) is 18.8 Å². The smallest absolute Gasteiger partial charge is 0.281 e.